The van der Waals surface area contributed by atoms with Crippen molar-refractivity contribution in [1.29, 1.82) is 0 Å². The number of rotatable bonds is 4. The summed E-state index contributed by atoms with van der Waals surface area (Å²) in [5.41, 5.74) is 2.47. The molecule has 3 heterocycles. The highest BCUT2D eigenvalue weighted by Gasteiger charge is 2.53. The molecule has 1 fully saturated rings. The van der Waals surface area contributed by atoms with Crippen LogP contribution in [0.15, 0.2) is 62.4 Å². The second-order valence-corrected chi connectivity index (χ2v) is 11.9. The predicted molar refractivity (Wildman–Crippen MR) is 115 cm³/mol. The fourth-order valence-corrected chi connectivity index (χ4v) is 6.91. The summed E-state index contributed by atoms with van der Waals surface area (Å²) in [6.45, 7) is 6.69. The standard InChI is InChI=1S/C23H27N3O4S/c1-4-23(14-6-5-7-15(8-14)31(28,29)16-12-30-13-16)17-11-24-26-21(17)25-18-9-22(2,3)10-19(27)20(18)23/h5-8,11,16,21,25H,4,9-10,12-13H2,1-3H3/t21?,23-/m1/s1. The smallest absolute Gasteiger partial charge is 0.185 e. The van der Waals surface area contributed by atoms with Gasteiger partial charge in [-0.05, 0) is 36.0 Å². The number of ether oxygens (including phenoxy) is 1. The molecule has 1 N–H and O–H groups in total. The predicted octanol–water partition coefficient (Wildman–Crippen LogP) is 3.43. The van der Waals surface area contributed by atoms with E-state index in [1.165, 1.54) is 0 Å². The van der Waals surface area contributed by atoms with Gasteiger partial charge in [0.25, 0.3) is 0 Å². The average Bonchev–Trinajstić information content (AvgIpc) is 3.12. The fraction of sp³-hybridized carbons (Fsp3) is 0.522. The molecule has 0 aromatic heterocycles. The van der Waals surface area contributed by atoms with Crippen molar-refractivity contribution in [2.75, 3.05) is 13.2 Å². The first-order valence-corrected chi connectivity index (χ1v) is 12.3. The van der Waals surface area contributed by atoms with E-state index in [0.29, 0.717) is 12.8 Å². The van der Waals surface area contributed by atoms with E-state index < -0.39 is 20.5 Å². The van der Waals surface area contributed by atoms with Gasteiger partial charge in [0.2, 0.25) is 0 Å². The summed E-state index contributed by atoms with van der Waals surface area (Å²) in [6, 6.07) is 7.09. The number of allylic oxidation sites excluding steroid dienone is 2. The molecule has 4 aliphatic rings. The first-order valence-electron chi connectivity index (χ1n) is 10.7. The molecule has 164 valence electrons. The van der Waals surface area contributed by atoms with Crippen LogP contribution >= 0.6 is 0 Å². The number of sulfone groups is 1. The monoisotopic (exact) mass is 441 g/mol. The van der Waals surface area contributed by atoms with Gasteiger partial charge in [-0.2, -0.15) is 10.2 Å². The summed E-state index contributed by atoms with van der Waals surface area (Å²) in [5, 5.41) is 11.4. The molecule has 1 aliphatic carbocycles. The van der Waals surface area contributed by atoms with Crippen molar-refractivity contribution in [2.24, 2.45) is 15.6 Å². The van der Waals surface area contributed by atoms with Crippen LogP contribution in [0, 0.1) is 5.41 Å². The quantitative estimate of drug-likeness (QED) is 0.772. The maximum absolute atomic E-state index is 13.5. The highest BCUT2D eigenvalue weighted by atomic mass is 32.2. The Kier molecular flexibility index (Phi) is 4.54. The Bertz CT molecular complexity index is 1160. The van der Waals surface area contributed by atoms with E-state index >= 15 is 0 Å². The van der Waals surface area contributed by atoms with Crippen LogP contribution < -0.4 is 5.32 Å². The molecule has 5 rings (SSSR count). The van der Waals surface area contributed by atoms with Crippen LogP contribution in [0.1, 0.15) is 45.6 Å². The molecule has 0 saturated carbocycles. The number of benzene rings is 1. The lowest BCUT2D eigenvalue weighted by molar-refractivity contribution is -0.119. The minimum atomic E-state index is -3.49. The third kappa shape index (κ3) is 2.95. The SMILES string of the molecule is CC[C@@]1(c2cccc(S(=O)(=O)C3COC3)c2)C2=CN=NC2NC2=C1C(=O)CC(C)(C)C2. The van der Waals surface area contributed by atoms with Gasteiger partial charge in [0.15, 0.2) is 21.8 Å². The summed E-state index contributed by atoms with van der Waals surface area (Å²) >= 11 is 0. The molecular formula is C23H27N3O4S. The van der Waals surface area contributed by atoms with Crippen molar-refractivity contribution in [3.63, 3.8) is 0 Å². The summed E-state index contributed by atoms with van der Waals surface area (Å²) in [5.74, 6) is 0.104. The molecule has 3 aliphatic heterocycles. The number of ketones is 1. The molecule has 1 aromatic carbocycles. The van der Waals surface area contributed by atoms with Crippen LogP contribution in [0.2, 0.25) is 0 Å². The molecular weight excluding hydrogens is 414 g/mol. The van der Waals surface area contributed by atoms with Crippen molar-refractivity contribution in [3.8, 4) is 0 Å². The van der Waals surface area contributed by atoms with Gasteiger partial charge in [0.05, 0.1) is 29.7 Å². The molecule has 0 radical (unpaired) electrons. The molecule has 1 aromatic rings. The molecule has 0 spiro atoms. The van der Waals surface area contributed by atoms with Gasteiger partial charge in [0, 0.05) is 23.3 Å². The van der Waals surface area contributed by atoms with Gasteiger partial charge < -0.3 is 10.1 Å². The van der Waals surface area contributed by atoms with E-state index in [0.717, 1.165) is 28.8 Å². The third-order valence-electron chi connectivity index (χ3n) is 7.01. The van der Waals surface area contributed by atoms with Gasteiger partial charge in [-0.25, -0.2) is 8.42 Å². The highest BCUT2D eigenvalue weighted by molar-refractivity contribution is 7.92. The lowest BCUT2D eigenvalue weighted by atomic mass is 9.59. The zero-order valence-electron chi connectivity index (χ0n) is 18.0. The molecule has 8 heteroatoms. The Morgan fingerprint density at radius 3 is 2.68 bits per heavy atom. The minimum absolute atomic E-state index is 0.104. The second-order valence-electron chi connectivity index (χ2n) is 9.65. The van der Waals surface area contributed by atoms with Gasteiger partial charge in [-0.15, -0.1) is 0 Å². The van der Waals surface area contributed by atoms with Crippen LogP contribution in [0.5, 0.6) is 0 Å². The number of azo groups is 1. The third-order valence-corrected chi connectivity index (χ3v) is 9.07. The molecule has 0 bridgehead atoms. The van der Waals surface area contributed by atoms with Crippen molar-refractivity contribution in [3.05, 3.63) is 52.9 Å². The number of hydrogen-bond acceptors (Lipinski definition) is 7. The fourth-order valence-electron chi connectivity index (χ4n) is 5.41. The number of Topliss-reactive ketones (excluding diaryl/α,β-unsaturated/α-hetero) is 1. The van der Waals surface area contributed by atoms with E-state index in [-0.39, 0.29) is 35.5 Å². The largest absolute Gasteiger partial charge is 0.379 e. The summed E-state index contributed by atoms with van der Waals surface area (Å²) < 4.78 is 31.3. The van der Waals surface area contributed by atoms with Crippen LogP contribution in [0.3, 0.4) is 0 Å². The minimum Gasteiger partial charge on any atom is -0.379 e. The van der Waals surface area contributed by atoms with Crippen LogP contribution in [-0.2, 0) is 24.8 Å². The number of nitrogens with one attached hydrogen (secondary N) is 1. The summed E-state index contributed by atoms with van der Waals surface area (Å²) in [7, 11) is -3.49. The number of carbonyl (C=O) groups is 1. The maximum atomic E-state index is 13.5. The number of carbonyl (C=O) groups excluding carboxylic acids is 1. The molecule has 2 atom stereocenters. The van der Waals surface area contributed by atoms with E-state index in [1.807, 2.05) is 13.0 Å². The zero-order valence-corrected chi connectivity index (χ0v) is 18.8. The van der Waals surface area contributed by atoms with Gasteiger partial charge >= 0.3 is 0 Å². The highest BCUT2D eigenvalue weighted by Crippen LogP contribution is 2.53. The summed E-state index contributed by atoms with van der Waals surface area (Å²) in [6.07, 6.45) is 3.22. The van der Waals surface area contributed by atoms with E-state index in [4.69, 9.17) is 4.74 Å². The van der Waals surface area contributed by atoms with Crippen molar-refractivity contribution in [2.45, 2.75) is 61.8 Å². The molecule has 7 nitrogen and oxygen atoms in total. The van der Waals surface area contributed by atoms with Gasteiger partial charge in [-0.1, -0.05) is 32.9 Å². The average molecular weight is 442 g/mol. The molecule has 0 amide bonds. The lowest BCUT2D eigenvalue weighted by Gasteiger charge is -2.47. The number of hydrogen-bond donors (Lipinski definition) is 1. The zero-order chi connectivity index (χ0) is 22.0. The molecule has 1 saturated heterocycles. The van der Waals surface area contributed by atoms with Gasteiger partial charge in [0.1, 0.15) is 5.25 Å². The van der Waals surface area contributed by atoms with Crippen molar-refractivity contribution >= 4 is 15.6 Å². The summed E-state index contributed by atoms with van der Waals surface area (Å²) in [4.78, 5) is 13.8. The van der Waals surface area contributed by atoms with Crippen LogP contribution in [-0.4, -0.2) is 38.8 Å². The first kappa shape index (κ1) is 20.6. The van der Waals surface area contributed by atoms with E-state index in [9.17, 15) is 13.2 Å². The second kappa shape index (κ2) is 6.84. The molecule has 31 heavy (non-hydrogen) atoms. The lowest BCUT2D eigenvalue weighted by Crippen LogP contribution is -2.51. The van der Waals surface area contributed by atoms with Crippen molar-refractivity contribution < 1.29 is 17.9 Å². The van der Waals surface area contributed by atoms with Crippen LogP contribution in [0.25, 0.3) is 0 Å². The van der Waals surface area contributed by atoms with E-state index in [1.54, 1.807) is 24.4 Å². The number of fused-ring (bicyclic) bond motifs is 1. The Balaban J connectivity index is 1.72. The Labute approximate surface area is 182 Å². The molecule has 1 unspecified atom stereocenters. The normalized spacial score (nSPS) is 29.7. The Morgan fingerprint density at radius 1 is 1.23 bits per heavy atom. The van der Waals surface area contributed by atoms with Crippen molar-refractivity contribution in [1.82, 2.24) is 5.32 Å². The Hall–Kier alpha value is -2.32. The Morgan fingerprint density at radius 2 is 2.00 bits per heavy atom. The van der Waals surface area contributed by atoms with E-state index in [2.05, 4.69) is 29.4 Å². The maximum Gasteiger partial charge on any atom is 0.185 e. The topological polar surface area (TPSA) is 97.2 Å². The van der Waals surface area contributed by atoms with Crippen LogP contribution in [0.4, 0.5) is 0 Å². The van der Waals surface area contributed by atoms with Gasteiger partial charge in [-0.3, -0.25) is 4.79 Å². The number of nitrogens with zero attached hydrogens (tertiary/aromatic N) is 2. The first-order chi connectivity index (χ1) is 14.7.